The van der Waals surface area contributed by atoms with Gasteiger partial charge in [0.05, 0.1) is 0 Å². The van der Waals surface area contributed by atoms with Gasteiger partial charge in [-0.1, -0.05) is 40.9 Å². The van der Waals surface area contributed by atoms with Crippen molar-refractivity contribution in [3.63, 3.8) is 0 Å². The summed E-state index contributed by atoms with van der Waals surface area (Å²) in [6.45, 7) is 4.44. The van der Waals surface area contributed by atoms with Gasteiger partial charge in [-0.2, -0.15) is 0 Å². The normalized spacial score (nSPS) is 15.2. The zero-order valence-corrected chi connectivity index (χ0v) is 16.6. The third kappa shape index (κ3) is 5.22. The lowest BCUT2D eigenvalue weighted by atomic mass is 10.2. The van der Waals surface area contributed by atoms with Crippen molar-refractivity contribution in [3.8, 4) is 0 Å². The number of hydrogen-bond donors (Lipinski definition) is 1. The predicted molar refractivity (Wildman–Crippen MR) is 111 cm³/mol. The van der Waals surface area contributed by atoms with Crippen LogP contribution in [-0.4, -0.2) is 41.1 Å². The second-order valence-electron chi connectivity index (χ2n) is 5.94. The van der Waals surface area contributed by atoms with Crippen LogP contribution in [0.15, 0.2) is 42.5 Å². The molecule has 1 saturated heterocycles. The van der Waals surface area contributed by atoms with Crippen LogP contribution in [0.1, 0.15) is 5.56 Å². The molecule has 0 spiro atoms. The summed E-state index contributed by atoms with van der Waals surface area (Å²) in [5, 5.41) is 6.10. The van der Waals surface area contributed by atoms with E-state index in [1.807, 2.05) is 36.4 Å². The van der Waals surface area contributed by atoms with E-state index in [0.717, 1.165) is 54.1 Å². The molecule has 132 valence electrons. The highest BCUT2D eigenvalue weighted by atomic mass is 35.5. The minimum Gasteiger partial charge on any atom is -0.346 e. The Kier molecular flexibility index (Phi) is 6.42. The molecule has 2 aromatic rings. The molecule has 3 rings (SSSR count). The number of thiocarbonyl (C=S) groups is 1. The number of nitrogens with zero attached hydrogens (tertiary/aromatic N) is 2. The van der Waals surface area contributed by atoms with Gasteiger partial charge in [0.15, 0.2) is 5.11 Å². The molecule has 7 heteroatoms. The fraction of sp³-hybridized carbons (Fsp3) is 0.278. The maximum atomic E-state index is 6.27. The number of nitrogens with one attached hydrogen (secondary N) is 1. The van der Waals surface area contributed by atoms with Crippen LogP contribution < -0.4 is 5.32 Å². The highest BCUT2D eigenvalue weighted by Crippen LogP contribution is 2.23. The van der Waals surface area contributed by atoms with E-state index in [4.69, 9.17) is 47.0 Å². The Morgan fingerprint density at radius 3 is 2.20 bits per heavy atom. The van der Waals surface area contributed by atoms with Gasteiger partial charge in [0.1, 0.15) is 0 Å². The SMILES string of the molecule is S=C(Nc1ccc(Cl)cc1)N1CCN(Cc2ccc(Cl)cc2Cl)CC1. The number of piperazine rings is 1. The lowest BCUT2D eigenvalue weighted by Gasteiger charge is -2.36. The molecular weight excluding hydrogens is 397 g/mol. The van der Waals surface area contributed by atoms with Gasteiger partial charge in [-0.25, -0.2) is 0 Å². The Hall–Kier alpha value is -1.04. The maximum Gasteiger partial charge on any atom is 0.173 e. The minimum absolute atomic E-state index is 0.664. The van der Waals surface area contributed by atoms with Crippen LogP contribution in [0.2, 0.25) is 15.1 Å². The zero-order valence-electron chi connectivity index (χ0n) is 13.5. The van der Waals surface area contributed by atoms with Crippen molar-refractivity contribution in [1.82, 2.24) is 9.80 Å². The van der Waals surface area contributed by atoms with Crippen molar-refractivity contribution >= 4 is 57.8 Å². The van der Waals surface area contributed by atoms with Crippen molar-refractivity contribution in [2.75, 3.05) is 31.5 Å². The summed E-state index contributed by atoms with van der Waals surface area (Å²) in [6, 6.07) is 13.2. The van der Waals surface area contributed by atoms with Crippen molar-refractivity contribution in [2.45, 2.75) is 6.54 Å². The van der Waals surface area contributed by atoms with E-state index in [9.17, 15) is 0 Å². The first-order valence-electron chi connectivity index (χ1n) is 7.99. The molecular formula is C18H18Cl3N3S. The van der Waals surface area contributed by atoms with E-state index in [0.29, 0.717) is 10.0 Å². The molecule has 0 unspecified atom stereocenters. The first-order chi connectivity index (χ1) is 12.0. The molecule has 0 aromatic heterocycles. The topological polar surface area (TPSA) is 18.5 Å². The van der Waals surface area contributed by atoms with Gasteiger partial charge in [0, 0.05) is 53.5 Å². The average Bonchev–Trinajstić information content (AvgIpc) is 2.60. The second-order valence-corrected chi connectivity index (χ2v) is 7.60. The van der Waals surface area contributed by atoms with Crippen LogP contribution >= 0.6 is 47.0 Å². The molecule has 1 heterocycles. The van der Waals surface area contributed by atoms with Crippen LogP contribution in [0.5, 0.6) is 0 Å². The number of anilines is 1. The van der Waals surface area contributed by atoms with Gasteiger partial charge in [-0.3, -0.25) is 4.90 Å². The van der Waals surface area contributed by atoms with Gasteiger partial charge in [0.25, 0.3) is 0 Å². The summed E-state index contributed by atoms with van der Waals surface area (Å²) in [7, 11) is 0. The fourth-order valence-corrected chi connectivity index (χ4v) is 3.63. The molecule has 0 radical (unpaired) electrons. The summed E-state index contributed by atoms with van der Waals surface area (Å²) in [5.74, 6) is 0. The molecule has 0 bridgehead atoms. The van der Waals surface area contributed by atoms with Crippen LogP contribution in [0.25, 0.3) is 0 Å². The first kappa shape index (κ1) is 18.7. The highest BCUT2D eigenvalue weighted by molar-refractivity contribution is 7.80. The molecule has 0 amide bonds. The van der Waals surface area contributed by atoms with Crippen LogP contribution in [-0.2, 0) is 6.54 Å². The largest absolute Gasteiger partial charge is 0.346 e. The molecule has 0 atom stereocenters. The lowest BCUT2D eigenvalue weighted by molar-refractivity contribution is 0.177. The predicted octanol–water partition coefficient (Wildman–Crippen LogP) is 5.16. The molecule has 1 N–H and O–H groups in total. The van der Waals surface area contributed by atoms with E-state index >= 15 is 0 Å². The van der Waals surface area contributed by atoms with Crippen LogP contribution in [0.4, 0.5) is 5.69 Å². The summed E-state index contributed by atoms with van der Waals surface area (Å²) < 4.78 is 0. The van der Waals surface area contributed by atoms with Gasteiger partial charge < -0.3 is 10.2 Å². The standard InChI is InChI=1S/C18H18Cl3N3S/c19-14-3-5-16(6-4-14)22-18(25)24-9-7-23(8-10-24)12-13-1-2-15(20)11-17(13)21/h1-6,11H,7-10,12H2,(H,22,25). The summed E-state index contributed by atoms with van der Waals surface area (Å²) in [6.07, 6.45) is 0. The molecule has 0 aliphatic carbocycles. The van der Waals surface area contributed by atoms with E-state index < -0.39 is 0 Å². The van der Waals surface area contributed by atoms with Crippen molar-refractivity contribution in [2.24, 2.45) is 0 Å². The number of rotatable bonds is 3. The maximum absolute atomic E-state index is 6.27. The first-order valence-corrected chi connectivity index (χ1v) is 9.53. The summed E-state index contributed by atoms with van der Waals surface area (Å²) in [4.78, 5) is 4.56. The summed E-state index contributed by atoms with van der Waals surface area (Å²) in [5.41, 5.74) is 2.05. The molecule has 1 fully saturated rings. The Morgan fingerprint density at radius 2 is 1.56 bits per heavy atom. The molecule has 3 nitrogen and oxygen atoms in total. The monoisotopic (exact) mass is 413 g/mol. The van der Waals surface area contributed by atoms with Crippen LogP contribution in [0.3, 0.4) is 0 Å². The molecule has 1 aliphatic heterocycles. The van der Waals surface area contributed by atoms with Crippen molar-refractivity contribution < 1.29 is 0 Å². The summed E-state index contributed by atoms with van der Waals surface area (Å²) >= 11 is 23.6. The Labute approximate surface area is 168 Å². The number of benzene rings is 2. The quantitative estimate of drug-likeness (QED) is 0.699. The van der Waals surface area contributed by atoms with Crippen molar-refractivity contribution in [1.29, 1.82) is 0 Å². The second kappa shape index (κ2) is 8.56. The third-order valence-corrected chi connectivity index (χ3v) is 5.36. The van der Waals surface area contributed by atoms with E-state index in [2.05, 4.69) is 15.1 Å². The number of hydrogen-bond acceptors (Lipinski definition) is 2. The fourth-order valence-electron chi connectivity index (χ4n) is 2.74. The molecule has 25 heavy (non-hydrogen) atoms. The Morgan fingerprint density at radius 1 is 0.920 bits per heavy atom. The Bertz CT molecular complexity index is 744. The zero-order chi connectivity index (χ0) is 17.8. The Balaban J connectivity index is 1.51. The van der Waals surface area contributed by atoms with Crippen molar-refractivity contribution in [3.05, 3.63) is 63.1 Å². The number of halogens is 3. The van der Waals surface area contributed by atoms with Gasteiger partial charge in [-0.15, -0.1) is 0 Å². The van der Waals surface area contributed by atoms with Crippen LogP contribution in [0, 0.1) is 0 Å². The molecule has 1 aliphatic rings. The van der Waals surface area contributed by atoms with Gasteiger partial charge in [-0.05, 0) is 54.2 Å². The van der Waals surface area contributed by atoms with Gasteiger partial charge >= 0.3 is 0 Å². The molecule has 2 aromatic carbocycles. The minimum atomic E-state index is 0.664. The third-order valence-electron chi connectivity index (χ3n) is 4.16. The van der Waals surface area contributed by atoms with E-state index in [-0.39, 0.29) is 0 Å². The van der Waals surface area contributed by atoms with E-state index in [1.54, 1.807) is 6.07 Å². The lowest BCUT2D eigenvalue weighted by Crippen LogP contribution is -2.49. The average molecular weight is 415 g/mol. The van der Waals surface area contributed by atoms with E-state index in [1.165, 1.54) is 0 Å². The smallest absolute Gasteiger partial charge is 0.173 e. The highest BCUT2D eigenvalue weighted by Gasteiger charge is 2.19. The van der Waals surface area contributed by atoms with Gasteiger partial charge in [0.2, 0.25) is 0 Å². The molecule has 0 saturated carbocycles.